The summed E-state index contributed by atoms with van der Waals surface area (Å²) in [5.74, 6) is 5.20. The van der Waals surface area contributed by atoms with Crippen molar-refractivity contribution in [3.8, 4) is 0 Å². The van der Waals surface area contributed by atoms with Crippen molar-refractivity contribution in [2.24, 2.45) is 5.84 Å². The molecule has 0 aromatic heterocycles. The third-order valence-corrected chi connectivity index (χ3v) is 4.50. The Bertz CT molecular complexity index is 622. The van der Waals surface area contributed by atoms with E-state index in [2.05, 4.69) is 28.0 Å². The number of nitrogens with two attached hydrogens (primary N) is 1. The van der Waals surface area contributed by atoms with E-state index in [1.807, 2.05) is 12.1 Å². The van der Waals surface area contributed by atoms with Gasteiger partial charge in [-0.25, -0.2) is 4.39 Å². The summed E-state index contributed by atoms with van der Waals surface area (Å²) in [5.41, 5.74) is 4.15. The van der Waals surface area contributed by atoms with Gasteiger partial charge < -0.3 is 0 Å². The molecule has 0 saturated carbocycles. The number of hydrogen-bond donors (Lipinski definition) is 2. The molecule has 0 saturated heterocycles. The number of hydrogen-bond acceptors (Lipinski definition) is 2. The van der Waals surface area contributed by atoms with Crippen LogP contribution in [0, 0.1) is 9.39 Å². The van der Waals surface area contributed by atoms with Crippen LogP contribution < -0.4 is 11.3 Å². The molecule has 0 heterocycles. The van der Waals surface area contributed by atoms with Crippen LogP contribution in [0.15, 0.2) is 36.4 Å². The van der Waals surface area contributed by atoms with E-state index in [0.29, 0.717) is 17.0 Å². The Morgan fingerprint density at radius 3 is 2.70 bits per heavy atom. The number of hydrazine groups is 1. The van der Waals surface area contributed by atoms with Crippen LogP contribution in [0.4, 0.5) is 4.39 Å². The molecule has 2 aromatic rings. The first-order valence-electron chi connectivity index (χ1n) is 5.87. The van der Waals surface area contributed by atoms with E-state index >= 15 is 0 Å². The van der Waals surface area contributed by atoms with Gasteiger partial charge in [0.25, 0.3) is 0 Å². The molecule has 1 unspecified atom stereocenters. The van der Waals surface area contributed by atoms with Gasteiger partial charge >= 0.3 is 0 Å². The standard InChI is InChI=1S/C14H12Cl2FIN2/c15-9-4-5-12(18)10(7-9)13(20-19)6-8-2-1-3-11(16)14(8)17/h1-5,7,13,20H,6,19H2. The van der Waals surface area contributed by atoms with E-state index in [1.54, 1.807) is 18.2 Å². The van der Waals surface area contributed by atoms with Gasteiger partial charge in [0.15, 0.2) is 0 Å². The van der Waals surface area contributed by atoms with Gasteiger partial charge in [-0.1, -0.05) is 35.3 Å². The molecule has 0 fully saturated rings. The minimum absolute atomic E-state index is 0.110. The van der Waals surface area contributed by atoms with Gasteiger partial charge in [0.1, 0.15) is 5.82 Å². The molecule has 0 spiro atoms. The fraction of sp³-hybridized carbons (Fsp3) is 0.143. The Labute approximate surface area is 140 Å². The molecular weight excluding hydrogens is 413 g/mol. The van der Waals surface area contributed by atoms with Gasteiger partial charge in [0.2, 0.25) is 0 Å². The summed E-state index contributed by atoms with van der Waals surface area (Å²) in [7, 11) is 0. The molecule has 106 valence electrons. The smallest absolute Gasteiger partial charge is 0.145 e. The lowest BCUT2D eigenvalue weighted by molar-refractivity contribution is 0.527. The molecule has 3 N–H and O–H groups in total. The summed E-state index contributed by atoms with van der Waals surface area (Å²) in [6, 6.07) is 10.2. The maximum Gasteiger partial charge on any atom is 0.145 e. The predicted molar refractivity (Wildman–Crippen MR) is 89.3 cm³/mol. The molecular formula is C14H12Cl2FIN2. The van der Waals surface area contributed by atoms with Crippen LogP contribution in [-0.2, 0) is 6.42 Å². The fourth-order valence-electron chi connectivity index (χ4n) is 1.97. The van der Waals surface area contributed by atoms with Gasteiger partial charge in [-0.15, -0.1) is 0 Å². The van der Waals surface area contributed by atoms with Gasteiger partial charge in [0.05, 0.1) is 11.1 Å². The molecule has 0 aliphatic carbocycles. The first-order valence-corrected chi connectivity index (χ1v) is 7.70. The zero-order valence-corrected chi connectivity index (χ0v) is 14.0. The van der Waals surface area contributed by atoms with Crippen molar-refractivity contribution in [2.75, 3.05) is 0 Å². The highest BCUT2D eigenvalue weighted by Gasteiger charge is 2.17. The van der Waals surface area contributed by atoms with Crippen LogP contribution in [0.25, 0.3) is 0 Å². The number of nitrogens with one attached hydrogen (secondary N) is 1. The topological polar surface area (TPSA) is 38.0 Å². The monoisotopic (exact) mass is 424 g/mol. The lowest BCUT2D eigenvalue weighted by atomic mass is 9.99. The number of benzene rings is 2. The van der Waals surface area contributed by atoms with Crippen LogP contribution in [0.1, 0.15) is 17.2 Å². The Kier molecular flexibility index (Phi) is 5.63. The van der Waals surface area contributed by atoms with Crippen molar-refractivity contribution in [2.45, 2.75) is 12.5 Å². The summed E-state index contributed by atoms with van der Waals surface area (Å²) in [4.78, 5) is 0. The van der Waals surface area contributed by atoms with Gasteiger partial charge in [-0.05, 0) is 64.4 Å². The molecule has 2 rings (SSSR count). The number of rotatable bonds is 4. The largest absolute Gasteiger partial charge is 0.271 e. The summed E-state index contributed by atoms with van der Waals surface area (Å²) in [6.45, 7) is 0. The second kappa shape index (κ2) is 7.04. The Morgan fingerprint density at radius 1 is 1.25 bits per heavy atom. The molecule has 1 atom stereocenters. The minimum atomic E-state index is -0.411. The number of halogens is 4. The van der Waals surface area contributed by atoms with Crippen LogP contribution in [0.2, 0.25) is 10.0 Å². The summed E-state index contributed by atoms with van der Waals surface area (Å²) in [5, 5.41) is 0.728. The highest BCUT2D eigenvalue weighted by Crippen LogP contribution is 2.28. The summed E-state index contributed by atoms with van der Waals surface area (Å²) in [6.07, 6.45) is 0.388. The van der Waals surface area contributed by atoms with Crippen molar-refractivity contribution in [3.05, 3.63) is 67.0 Å². The Morgan fingerprint density at radius 2 is 2.00 bits per heavy atom. The fourth-order valence-corrected chi connectivity index (χ4v) is 3.05. The van der Waals surface area contributed by atoms with E-state index in [-0.39, 0.29) is 11.1 Å². The van der Waals surface area contributed by atoms with E-state index in [4.69, 9.17) is 29.0 Å². The SMILES string of the molecule is NNC(Cc1cccc(Cl)c1F)c1cc(Cl)ccc1I. The molecule has 20 heavy (non-hydrogen) atoms. The Balaban J connectivity index is 2.34. The van der Waals surface area contributed by atoms with Crippen molar-refractivity contribution < 1.29 is 4.39 Å². The Hall–Kier alpha value is -0.400. The molecule has 0 aliphatic heterocycles. The van der Waals surface area contributed by atoms with Crippen molar-refractivity contribution in [3.63, 3.8) is 0 Å². The predicted octanol–water partition coefficient (Wildman–Crippen LogP) is 4.48. The average molecular weight is 425 g/mol. The normalized spacial score (nSPS) is 12.4. The van der Waals surface area contributed by atoms with E-state index in [9.17, 15) is 4.39 Å². The molecule has 6 heteroatoms. The van der Waals surface area contributed by atoms with Crippen LogP contribution in [0.5, 0.6) is 0 Å². The molecule has 0 radical (unpaired) electrons. The zero-order chi connectivity index (χ0) is 14.7. The van der Waals surface area contributed by atoms with Crippen LogP contribution >= 0.6 is 45.8 Å². The maximum atomic E-state index is 14.0. The second-order valence-corrected chi connectivity index (χ2v) is 6.31. The molecule has 0 bridgehead atoms. The average Bonchev–Trinajstić information content (AvgIpc) is 2.43. The van der Waals surface area contributed by atoms with Gasteiger partial charge in [0, 0.05) is 8.59 Å². The maximum absolute atomic E-state index is 14.0. The van der Waals surface area contributed by atoms with Gasteiger partial charge in [-0.3, -0.25) is 11.3 Å². The third kappa shape index (κ3) is 3.62. The first-order chi connectivity index (χ1) is 9.52. The third-order valence-electron chi connectivity index (χ3n) is 2.99. The quantitative estimate of drug-likeness (QED) is 0.431. The highest BCUT2D eigenvalue weighted by atomic mass is 127. The lowest BCUT2D eigenvalue weighted by Crippen LogP contribution is -2.30. The van der Waals surface area contributed by atoms with Crippen LogP contribution in [0.3, 0.4) is 0 Å². The summed E-state index contributed by atoms with van der Waals surface area (Å²) < 4.78 is 15.0. The van der Waals surface area contributed by atoms with E-state index < -0.39 is 5.82 Å². The minimum Gasteiger partial charge on any atom is -0.271 e. The van der Waals surface area contributed by atoms with Gasteiger partial charge in [-0.2, -0.15) is 0 Å². The summed E-state index contributed by atoms with van der Waals surface area (Å²) >= 11 is 14.0. The zero-order valence-electron chi connectivity index (χ0n) is 10.3. The second-order valence-electron chi connectivity index (χ2n) is 4.30. The molecule has 0 aliphatic rings. The molecule has 2 nitrogen and oxygen atoms in total. The molecule has 2 aromatic carbocycles. The first kappa shape index (κ1) is 16.0. The van der Waals surface area contributed by atoms with Crippen molar-refractivity contribution in [1.82, 2.24) is 5.43 Å². The van der Waals surface area contributed by atoms with Crippen molar-refractivity contribution >= 4 is 45.8 Å². The van der Waals surface area contributed by atoms with E-state index in [0.717, 1.165) is 9.13 Å². The molecule has 0 amide bonds. The van der Waals surface area contributed by atoms with E-state index in [1.165, 1.54) is 6.07 Å². The van der Waals surface area contributed by atoms with Crippen molar-refractivity contribution in [1.29, 1.82) is 0 Å². The lowest BCUT2D eigenvalue weighted by Gasteiger charge is -2.19. The highest BCUT2D eigenvalue weighted by molar-refractivity contribution is 14.1. The van der Waals surface area contributed by atoms with Crippen LogP contribution in [-0.4, -0.2) is 0 Å².